The zero-order valence-electron chi connectivity index (χ0n) is 15.1. The molecule has 0 spiro atoms. The van der Waals surface area contributed by atoms with Gasteiger partial charge in [-0.05, 0) is 67.2 Å². The van der Waals surface area contributed by atoms with Crippen molar-refractivity contribution >= 4 is 11.6 Å². The number of hydrogen-bond acceptors (Lipinski definition) is 2. The Balaban J connectivity index is 2.36. The highest BCUT2D eigenvalue weighted by Gasteiger charge is 2.18. The smallest absolute Gasteiger partial charge is 0.185 e. The van der Waals surface area contributed by atoms with E-state index in [4.69, 9.17) is 0 Å². The van der Waals surface area contributed by atoms with Crippen LogP contribution in [0.4, 0.5) is 0 Å². The predicted octanol–water partition coefficient (Wildman–Crippen LogP) is 5.35. The van der Waals surface area contributed by atoms with Gasteiger partial charge < -0.3 is 0 Å². The lowest BCUT2D eigenvalue weighted by molar-refractivity contribution is -0.113. The van der Waals surface area contributed by atoms with Gasteiger partial charge in [0.25, 0.3) is 0 Å². The minimum Gasteiger partial charge on any atom is -0.289 e. The van der Waals surface area contributed by atoms with Gasteiger partial charge >= 0.3 is 0 Å². The van der Waals surface area contributed by atoms with Crippen LogP contribution in [0.15, 0.2) is 69.9 Å². The van der Waals surface area contributed by atoms with Gasteiger partial charge in [-0.3, -0.25) is 9.59 Å². The van der Waals surface area contributed by atoms with Crippen molar-refractivity contribution in [3.63, 3.8) is 0 Å². The second-order valence-electron chi connectivity index (χ2n) is 6.28. The number of hydrogen-bond donors (Lipinski definition) is 0. The van der Waals surface area contributed by atoms with E-state index in [1.54, 1.807) is 0 Å². The molecule has 0 bridgehead atoms. The molecular weight excluding hydrogens is 296 g/mol. The maximum Gasteiger partial charge on any atom is 0.185 e. The molecule has 0 saturated carbocycles. The Kier molecular flexibility index (Phi) is 6.08. The molecule has 0 saturated heterocycles. The van der Waals surface area contributed by atoms with Gasteiger partial charge in [-0.25, -0.2) is 0 Å². The van der Waals surface area contributed by atoms with E-state index < -0.39 is 0 Å². The number of carbonyl (C=O) groups is 2. The van der Waals surface area contributed by atoms with E-state index in [1.165, 1.54) is 0 Å². The van der Waals surface area contributed by atoms with Crippen molar-refractivity contribution in [2.75, 3.05) is 0 Å². The fourth-order valence-electron chi connectivity index (χ4n) is 3.02. The zero-order chi connectivity index (χ0) is 17.7. The highest BCUT2D eigenvalue weighted by atomic mass is 16.1. The minimum absolute atomic E-state index is 0.142. The summed E-state index contributed by atoms with van der Waals surface area (Å²) in [6, 6.07) is 0. The van der Waals surface area contributed by atoms with Gasteiger partial charge in [-0.2, -0.15) is 0 Å². The Morgan fingerprint density at radius 2 is 1.25 bits per heavy atom. The van der Waals surface area contributed by atoms with Crippen LogP contribution in [-0.2, 0) is 9.59 Å². The first-order valence-electron chi connectivity index (χ1n) is 8.81. The van der Waals surface area contributed by atoms with E-state index >= 15 is 0 Å². The van der Waals surface area contributed by atoms with Crippen LogP contribution in [0.25, 0.3) is 0 Å². The largest absolute Gasteiger partial charge is 0.289 e. The van der Waals surface area contributed by atoms with Crippen LogP contribution in [0.5, 0.6) is 0 Å². The third-order valence-corrected chi connectivity index (χ3v) is 4.39. The Labute approximate surface area is 145 Å². The molecular formula is C22H26O2. The molecule has 2 aliphatic rings. The molecule has 0 radical (unpaired) electrons. The molecule has 0 atom stereocenters. The fraction of sp³-hybridized carbons (Fsp3) is 0.364. The van der Waals surface area contributed by atoms with Crippen molar-refractivity contribution in [2.24, 2.45) is 0 Å². The molecule has 2 aliphatic carbocycles. The fourth-order valence-corrected chi connectivity index (χ4v) is 3.02. The molecule has 2 nitrogen and oxygen atoms in total. The summed E-state index contributed by atoms with van der Waals surface area (Å²) in [7, 11) is 0. The van der Waals surface area contributed by atoms with Crippen molar-refractivity contribution in [1.82, 2.24) is 0 Å². The predicted molar refractivity (Wildman–Crippen MR) is 99.7 cm³/mol. The molecule has 0 unspecified atom stereocenters. The number of rotatable bonds is 5. The Bertz CT molecular complexity index is 734. The highest BCUT2D eigenvalue weighted by Crippen LogP contribution is 2.25. The van der Waals surface area contributed by atoms with Gasteiger partial charge in [0.2, 0.25) is 0 Å². The topological polar surface area (TPSA) is 34.1 Å². The normalized spacial score (nSPS) is 21.7. The number of carbonyl (C=O) groups excluding carboxylic acids is 2. The van der Waals surface area contributed by atoms with E-state index in [1.807, 2.05) is 57.2 Å². The van der Waals surface area contributed by atoms with Crippen LogP contribution in [0.1, 0.15) is 53.4 Å². The lowest BCUT2D eigenvalue weighted by Crippen LogP contribution is -2.10. The first-order valence-corrected chi connectivity index (χ1v) is 8.81. The van der Waals surface area contributed by atoms with Crippen LogP contribution in [0, 0.1) is 0 Å². The Morgan fingerprint density at radius 3 is 1.79 bits per heavy atom. The molecule has 0 aliphatic heterocycles. The van der Waals surface area contributed by atoms with E-state index in [0.717, 1.165) is 59.1 Å². The molecule has 126 valence electrons. The third-order valence-electron chi connectivity index (χ3n) is 4.39. The number of allylic oxidation sites excluding steroid dienone is 12. The Hall–Kier alpha value is -2.22. The second kappa shape index (κ2) is 8.05. The lowest BCUT2D eigenvalue weighted by Gasteiger charge is -2.14. The van der Waals surface area contributed by atoms with Crippen LogP contribution in [-0.4, -0.2) is 11.6 Å². The van der Waals surface area contributed by atoms with Gasteiger partial charge in [0.05, 0.1) is 0 Å². The van der Waals surface area contributed by atoms with Crippen LogP contribution in [0.2, 0.25) is 0 Å². The van der Waals surface area contributed by atoms with Crippen LogP contribution < -0.4 is 0 Å². The van der Waals surface area contributed by atoms with Crippen LogP contribution >= 0.6 is 0 Å². The quantitative estimate of drug-likeness (QED) is 0.683. The maximum absolute atomic E-state index is 12.3. The van der Waals surface area contributed by atoms with E-state index in [0.29, 0.717) is 0 Å². The summed E-state index contributed by atoms with van der Waals surface area (Å²) < 4.78 is 0. The molecule has 24 heavy (non-hydrogen) atoms. The molecule has 2 rings (SSSR count). The molecule has 2 heteroatoms. The van der Waals surface area contributed by atoms with E-state index in [-0.39, 0.29) is 11.6 Å². The van der Waals surface area contributed by atoms with E-state index in [9.17, 15) is 9.59 Å². The Morgan fingerprint density at radius 1 is 0.750 bits per heavy atom. The second-order valence-corrected chi connectivity index (χ2v) is 6.28. The van der Waals surface area contributed by atoms with Gasteiger partial charge in [-0.1, -0.05) is 39.3 Å². The van der Waals surface area contributed by atoms with Crippen molar-refractivity contribution in [3.8, 4) is 0 Å². The molecule has 0 aromatic heterocycles. The lowest BCUT2D eigenvalue weighted by atomic mass is 9.89. The summed E-state index contributed by atoms with van der Waals surface area (Å²) in [5.74, 6) is 0.334. The minimum atomic E-state index is 0.142. The molecule has 0 fully saturated rings. The number of Topliss-reactive ketones (excluding diaryl/α,β-unsaturated/α-hetero) is 2. The first kappa shape index (κ1) is 18.1. The molecule has 0 aromatic rings. The SMILES string of the molecule is CCCC1=C/C(=C/C=C2/C=C(C)C(=O)C(CC)=C2)C=C(CC)C1=O. The van der Waals surface area contributed by atoms with Crippen molar-refractivity contribution in [1.29, 1.82) is 0 Å². The molecule has 0 aromatic carbocycles. The van der Waals surface area contributed by atoms with E-state index in [2.05, 4.69) is 6.92 Å². The van der Waals surface area contributed by atoms with Gasteiger partial charge in [-0.15, -0.1) is 0 Å². The van der Waals surface area contributed by atoms with Crippen molar-refractivity contribution < 1.29 is 9.59 Å². The van der Waals surface area contributed by atoms with Crippen molar-refractivity contribution in [3.05, 3.63) is 69.9 Å². The zero-order valence-corrected chi connectivity index (χ0v) is 15.1. The average molecular weight is 322 g/mol. The summed E-state index contributed by atoms with van der Waals surface area (Å²) in [5, 5.41) is 0. The standard InChI is InChI=1S/C22H26O2/c1-5-8-20-14-17(13-19(7-3)22(20)24)10-9-16-11-15(4)21(23)18(6-2)12-16/h9-14H,5-8H2,1-4H3/b16-9-,17-10+. The van der Waals surface area contributed by atoms with Gasteiger partial charge in [0.15, 0.2) is 11.6 Å². The van der Waals surface area contributed by atoms with Crippen molar-refractivity contribution in [2.45, 2.75) is 53.4 Å². The first-order chi connectivity index (χ1) is 11.5. The molecule has 0 amide bonds. The summed E-state index contributed by atoms with van der Waals surface area (Å²) in [5.41, 5.74) is 5.50. The monoisotopic (exact) mass is 322 g/mol. The molecule has 0 heterocycles. The highest BCUT2D eigenvalue weighted by molar-refractivity contribution is 6.10. The van der Waals surface area contributed by atoms with Gasteiger partial charge in [0, 0.05) is 16.7 Å². The molecule has 0 N–H and O–H groups in total. The summed E-state index contributed by atoms with van der Waals surface area (Å²) in [6.07, 6.45) is 15.2. The summed E-state index contributed by atoms with van der Waals surface area (Å²) in [6.45, 7) is 7.97. The average Bonchev–Trinajstić information content (AvgIpc) is 2.58. The van der Waals surface area contributed by atoms with Gasteiger partial charge in [0.1, 0.15) is 0 Å². The van der Waals surface area contributed by atoms with Crippen LogP contribution in [0.3, 0.4) is 0 Å². The summed E-state index contributed by atoms with van der Waals surface area (Å²) in [4.78, 5) is 24.3. The maximum atomic E-state index is 12.3. The number of ketones is 2. The third kappa shape index (κ3) is 4.00. The summed E-state index contributed by atoms with van der Waals surface area (Å²) >= 11 is 0.